The summed E-state index contributed by atoms with van der Waals surface area (Å²) in [5.74, 6) is 0.0855. The number of sulfonamides is 1. The summed E-state index contributed by atoms with van der Waals surface area (Å²) in [7, 11) is -3.91. The average molecular weight is 522 g/mol. The van der Waals surface area contributed by atoms with E-state index in [1.807, 2.05) is 38.1 Å². The Kier molecular flexibility index (Phi) is 8.24. The van der Waals surface area contributed by atoms with Gasteiger partial charge in [0.2, 0.25) is 10.0 Å². The highest BCUT2D eigenvalue weighted by Gasteiger charge is 2.23. The quantitative estimate of drug-likeness (QED) is 0.323. The van der Waals surface area contributed by atoms with Crippen molar-refractivity contribution in [1.82, 2.24) is 9.71 Å². The zero-order valence-corrected chi connectivity index (χ0v) is 20.4. The van der Waals surface area contributed by atoms with Gasteiger partial charge in [-0.25, -0.2) is 18.1 Å². The first-order valence-electron chi connectivity index (χ1n) is 10.4. The molecule has 0 aliphatic rings. The van der Waals surface area contributed by atoms with Crippen molar-refractivity contribution >= 4 is 42.7 Å². The summed E-state index contributed by atoms with van der Waals surface area (Å²) in [6, 6.07) is 16.1. The fraction of sp³-hybridized carbons (Fsp3) is 0.348. The van der Waals surface area contributed by atoms with Crippen molar-refractivity contribution in [2.75, 3.05) is 25.0 Å². The topological polar surface area (TPSA) is 112 Å². The molecular formula is C23H28BrN3O4S. The predicted molar refractivity (Wildman–Crippen MR) is 130 cm³/mol. The molecule has 1 unspecified atom stereocenters. The van der Waals surface area contributed by atoms with Crippen molar-refractivity contribution in [2.24, 2.45) is 11.8 Å². The molecule has 0 aliphatic heterocycles. The minimum Gasteiger partial charge on any atom is -0.396 e. The maximum Gasteiger partial charge on any atom is 0.244 e. The molecule has 0 fully saturated rings. The Morgan fingerprint density at radius 3 is 2.41 bits per heavy atom. The van der Waals surface area contributed by atoms with Gasteiger partial charge in [0.15, 0.2) is 0 Å². The summed E-state index contributed by atoms with van der Waals surface area (Å²) >= 11 is 3.37. The van der Waals surface area contributed by atoms with Gasteiger partial charge in [-0.3, -0.25) is 0 Å². The third-order valence-corrected chi connectivity index (χ3v) is 7.37. The molecule has 32 heavy (non-hydrogen) atoms. The van der Waals surface area contributed by atoms with Gasteiger partial charge in [-0.2, -0.15) is 0 Å². The summed E-state index contributed by atoms with van der Waals surface area (Å²) in [6.45, 7) is 3.96. The first-order chi connectivity index (χ1) is 15.2. The molecule has 172 valence electrons. The molecule has 3 rings (SSSR count). The molecule has 0 amide bonds. The van der Waals surface area contributed by atoms with Crippen LogP contribution in [0.25, 0.3) is 10.9 Å². The first-order valence-corrected chi connectivity index (χ1v) is 12.7. The summed E-state index contributed by atoms with van der Waals surface area (Å²) in [6.07, 6.45) is -0.848. The average Bonchev–Trinajstić information content (AvgIpc) is 2.77. The fourth-order valence-corrected chi connectivity index (χ4v) is 4.74. The molecule has 0 saturated heterocycles. The summed E-state index contributed by atoms with van der Waals surface area (Å²) in [4.78, 5) is 4.50. The van der Waals surface area contributed by atoms with Gasteiger partial charge in [0.1, 0.15) is 10.7 Å². The second-order valence-corrected chi connectivity index (χ2v) is 10.7. The molecule has 1 heterocycles. The zero-order valence-electron chi connectivity index (χ0n) is 18.0. The third kappa shape index (κ3) is 6.05. The van der Waals surface area contributed by atoms with E-state index in [4.69, 9.17) is 0 Å². The van der Waals surface area contributed by atoms with Gasteiger partial charge in [0, 0.05) is 29.6 Å². The Morgan fingerprint density at radius 2 is 1.75 bits per heavy atom. The van der Waals surface area contributed by atoms with Crippen LogP contribution in [0.15, 0.2) is 64.0 Å². The highest BCUT2D eigenvalue weighted by atomic mass is 79.9. The SMILES string of the molecule is CC(C)C(CO)CNS(=O)(=O)c1cc2ccccc2nc1NC[C@H](O)c1ccc(Br)cc1. The second kappa shape index (κ2) is 10.7. The van der Waals surface area contributed by atoms with Gasteiger partial charge in [0.25, 0.3) is 0 Å². The number of anilines is 1. The van der Waals surface area contributed by atoms with E-state index >= 15 is 0 Å². The number of aromatic nitrogens is 1. The maximum atomic E-state index is 13.2. The van der Waals surface area contributed by atoms with Gasteiger partial charge >= 0.3 is 0 Å². The lowest BCUT2D eigenvalue weighted by molar-refractivity contribution is 0.191. The first kappa shape index (κ1) is 24.6. The van der Waals surface area contributed by atoms with Gasteiger partial charge in [-0.05, 0) is 41.7 Å². The van der Waals surface area contributed by atoms with E-state index in [1.54, 1.807) is 30.3 Å². The van der Waals surface area contributed by atoms with E-state index < -0.39 is 16.1 Å². The van der Waals surface area contributed by atoms with Crippen molar-refractivity contribution < 1.29 is 18.6 Å². The Balaban J connectivity index is 1.89. The van der Waals surface area contributed by atoms with Crippen LogP contribution < -0.4 is 10.0 Å². The lowest BCUT2D eigenvalue weighted by Crippen LogP contribution is -2.33. The number of pyridine rings is 1. The standard InChI is InChI=1S/C23H28BrN3O4S/c1-15(2)18(14-28)12-26-32(30,31)22-11-17-5-3-4-6-20(17)27-23(22)25-13-21(29)16-7-9-19(24)10-8-16/h3-11,15,18,21,26,28-29H,12-14H2,1-2H3,(H,25,27)/t18?,21-/m0/s1. The highest BCUT2D eigenvalue weighted by Crippen LogP contribution is 2.26. The number of para-hydroxylation sites is 1. The predicted octanol–water partition coefficient (Wildman–Crippen LogP) is 3.69. The van der Waals surface area contributed by atoms with Gasteiger partial charge in [0.05, 0.1) is 11.6 Å². The van der Waals surface area contributed by atoms with E-state index in [9.17, 15) is 18.6 Å². The molecule has 0 radical (unpaired) electrons. The number of benzene rings is 2. The monoisotopic (exact) mass is 521 g/mol. The zero-order chi connectivity index (χ0) is 23.3. The number of hydrogen-bond donors (Lipinski definition) is 4. The van der Waals surface area contributed by atoms with Crippen LogP contribution in [-0.4, -0.2) is 43.3 Å². The van der Waals surface area contributed by atoms with E-state index in [0.29, 0.717) is 16.5 Å². The molecule has 2 atom stereocenters. The summed E-state index contributed by atoms with van der Waals surface area (Å²) in [5, 5.41) is 23.8. The third-order valence-electron chi connectivity index (χ3n) is 5.41. The lowest BCUT2D eigenvalue weighted by Gasteiger charge is -2.20. The number of nitrogens with one attached hydrogen (secondary N) is 2. The second-order valence-electron chi connectivity index (χ2n) is 8.01. The normalized spacial score (nSPS) is 13.9. The van der Waals surface area contributed by atoms with Gasteiger partial charge < -0.3 is 15.5 Å². The number of rotatable bonds is 10. The Hall–Kier alpha value is -2.04. The number of aliphatic hydroxyl groups excluding tert-OH is 2. The highest BCUT2D eigenvalue weighted by molar-refractivity contribution is 9.10. The molecular weight excluding hydrogens is 494 g/mol. The van der Waals surface area contributed by atoms with Crippen LogP contribution in [0, 0.1) is 11.8 Å². The minimum atomic E-state index is -3.91. The van der Waals surface area contributed by atoms with E-state index in [1.165, 1.54) is 0 Å². The van der Waals surface area contributed by atoms with Crippen LogP contribution in [0.4, 0.5) is 5.82 Å². The minimum absolute atomic E-state index is 0.000322. The Bertz CT molecular complexity index is 1150. The van der Waals surface area contributed by atoms with Crippen LogP contribution in [0.2, 0.25) is 0 Å². The largest absolute Gasteiger partial charge is 0.396 e. The van der Waals surface area contributed by atoms with E-state index in [2.05, 4.69) is 31.0 Å². The molecule has 0 saturated carbocycles. The lowest BCUT2D eigenvalue weighted by atomic mass is 9.97. The Morgan fingerprint density at radius 1 is 1.06 bits per heavy atom. The molecule has 4 N–H and O–H groups in total. The van der Waals surface area contributed by atoms with Crippen molar-refractivity contribution in [2.45, 2.75) is 24.8 Å². The molecule has 2 aromatic carbocycles. The number of aliphatic hydroxyl groups is 2. The van der Waals surface area contributed by atoms with Crippen molar-refractivity contribution in [3.63, 3.8) is 0 Å². The van der Waals surface area contributed by atoms with Crippen molar-refractivity contribution in [3.05, 3.63) is 64.6 Å². The van der Waals surface area contributed by atoms with Gasteiger partial charge in [-0.15, -0.1) is 0 Å². The molecule has 9 heteroatoms. The van der Waals surface area contributed by atoms with Crippen LogP contribution in [0.1, 0.15) is 25.5 Å². The molecule has 3 aromatic rings. The number of halogens is 1. The fourth-order valence-electron chi connectivity index (χ4n) is 3.23. The van der Waals surface area contributed by atoms with E-state index in [-0.39, 0.29) is 42.2 Å². The smallest absolute Gasteiger partial charge is 0.244 e. The van der Waals surface area contributed by atoms with Gasteiger partial charge in [-0.1, -0.05) is 60.1 Å². The van der Waals surface area contributed by atoms with Crippen molar-refractivity contribution in [3.8, 4) is 0 Å². The molecule has 0 spiro atoms. The van der Waals surface area contributed by atoms with Crippen LogP contribution in [-0.2, 0) is 10.0 Å². The Labute approximate surface area is 197 Å². The van der Waals surface area contributed by atoms with Crippen LogP contribution in [0.3, 0.4) is 0 Å². The number of nitrogens with zero attached hydrogens (tertiary/aromatic N) is 1. The molecule has 1 aromatic heterocycles. The molecule has 0 aliphatic carbocycles. The number of fused-ring (bicyclic) bond motifs is 1. The summed E-state index contributed by atoms with van der Waals surface area (Å²) in [5.41, 5.74) is 1.34. The maximum absolute atomic E-state index is 13.2. The van der Waals surface area contributed by atoms with Crippen LogP contribution in [0.5, 0.6) is 0 Å². The van der Waals surface area contributed by atoms with E-state index in [0.717, 1.165) is 4.47 Å². The number of hydrogen-bond acceptors (Lipinski definition) is 6. The molecule has 0 bridgehead atoms. The summed E-state index contributed by atoms with van der Waals surface area (Å²) < 4.78 is 29.8. The van der Waals surface area contributed by atoms with Crippen molar-refractivity contribution in [1.29, 1.82) is 0 Å². The molecule has 7 nitrogen and oxygen atoms in total. The van der Waals surface area contributed by atoms with Crippen LogP contribution >= 0.6 is 15.9 Å².